The van der Waals surface area contributed by atoms with Crippen molar-refractivity contribution in [2.24, 2.45) is 0 Å². The summed E-state index contributed by atoms with van der Waals surface area (Å²) in [5.41, 5.74) is 7.78. The van der Waals surface area contributed by atoms with Gasteiger partial charge in [-0.05, 0) is 24.1 Å². The summed E-state index contributed by atoms with van der Waals surface area (Å²) in [5, 5.41) is 12.1. The van der Waals surface area contributed by atoms with Crippen molar-refractivity contribution in [3.63, 3.8) is 0 Å². The number of carbonyl (C=O) groups excluding carboxylic acids is 2. The van der Waals surface area contributed by atoms with Crippen LogP contribution in [0.15, 0.2) is 46.1 Å². The molecule has 4 N–H and O–H groups in total. The highest BCUT2D eigenvalue weighted by Gasteiger charge is 2.54. The van der Waals surface area contributed by atoms with E-state index in [4.69, 9.17) is 5.73 Å². The van der Waals surface area contributed by atoms with Crippen LogP contribution in [0.25, 0.3) is 0 Å². The summed E-state index contributed by atoms with van der Waals surface area (Å²) in [6.07, 6.45) is 1.84. The molecule has 0 bridgehead atoms. The number of rotatable bonds is 7. The Morgan fingerprint density at radius 2 is 2.16 bits per heavy atom. The van der Waals surface area contributed by atoms with E-state index in [9.17, 15) is 19.5 Å². The van der Waals surface area contributed by atoms with Crippen LogP contribution in [0.2, 0.25) is 0 Å². The number of carboxylic acid groups (broad SMARTS) is 1. The number of thiazole rings is 1. The smallest absolute Gasteiger partial charge is 0.352 e. The Hall–Kier alpha value is -2.50. The van der Waals surface area contributed by atoms with Gasteiger partial charge in [-0.3, -0.25) is 14.5 Å². The first-order valence-corrected chi connectivity index (χ1v) is 12.3. The number of benzene rings is 1. The predicted molar refractivity (Wildman–Crippen MR) is 122 cm³/mol. The van der Waals surface area contributed by atoms with Crippen LogP contribution in [0.1, 0.15) is 10.4 Å². The van der Waals surface area contributed by atoms with Gasteiger partial charge in [0.1, 0.15) is 21.5 Å². The van der Waals surface area contributed by atoms with E-state index in [1.807, 2.05) is 6.92 Å². The molecular weight excluding hydrogens is 456 g/mol. The van der Waals surface area contributed by atoms with E-state index in [0.29, 0.717) is 28.3 Å². The number of para-hydroxylation sites is 1. The van der Waals surface area contributed by atoms with E-state index in [2.05, 4.69) is 10.3 Å². The second kappa shape index (κ2) is 8.93. The van der Waals surface area contributed by atoms with Gasteiger partial charge in [0.05, 0.1) is 6.42 Å². The number of amides is 2. The summed E-state index contributed by atoms with van der Waals surface area (Å²) >= 11 is 4.47. The molecule has 1 unspecified atom stereocenters. The van der Waals surface area contributed by atoms with E-state index in [-0.39, 0.29) is 18.0 Å². The van der Waals surface area contributed by atoms with Gasteiger partial charge in [0, 0.05) is 28.3 Å². The van der Waals surface area contributed by atoms with Gasteiger partial charge in [-0.25, -0.2) is 9.78 Å². The lowest BCUT2D eigenvalue weighted by atomic mass is 10.0. The summed E-state index contributed by atoms with van der Waals surface area (Å²) in [4.78, 5) is 43.8. The molecule has 31 heavy (non-hydrogen) atoms. The topological polar surface area (TPSA) is 126 Å². The Morgan fingerprint density at radius 3 is 2.84 bits per heavy atom. The van der Waals surface area contributed by atoms with Crippen LogP contribution >= 0.6 is 34.9 Å². The molecule has 162 valence electrons. The molecular formula is C20H20N4O4S3. The van der Waals surface area contributed by atoms with Crippen molar-refractivity contribution in [3.8, 4) is 0 Å². The third-order valence-electron chi connectivity index (χ3n) is 4.94. The molecule has 0 aliphatic carbocycles. The van der Waals surface area contributed by atoms with Crippen LogP contribution in [-0.4, -0.2) is 55.7 Å². The second-order valence-corrected chi connectivity index (χ2v) is 10.7. The number of nitrogens with two attached hydrogens (primary N) is 1. The zero-order chi connectivity index (χ0) is 22.1. The van der Waals surface area contributed by atoms with Gasteiger partial charge < -0.3 is 16.2 Å². The van der Waals surface area contributed by atoms with Crippen LogP contribution in [-0.2, 0) is 20.8 Å². The number of carbonyl (C=O) groups is 3. The molecule has 0 radical (unpaired) electrons. The molecule has 0 saturated carbocycles. The zero-order valence-corrected chi connectivity index (χ0v) is 19.0. The Kier molecular flexibility index (Phi) is 6.26. The Morgan fingerprint density at radius 1 is 1.39 bits per heavy atom. The van der Waals surface area contributed by atoms with Gasteiger partial charge in [0.25, 0.3) is 5.91 Å². The summed E-state index contributed by atoms with van der Waals surface area (Å²) < 4.78 is 0.863. The molecule has 8 nitrogen and oxygen atoms in total. The number of aromatic nitrogens is 1. The van der Waals surface area contributed by atoms with E-state index in [1.54, 1.807) is 41.8 Å². The molecule has 4 rings (SSSR count). The van der Waals surface area contributed by atoms with Gasteiger partial charge in [-0.1, -0.05) is 30.0 Å². The third-order valence-corrected chi connectivity index (χ3v) is 8.44. The molecule has 0 spiro atoms. The molecule has 1 aromatic carbocycles. The quantitative estimate of drug-likeness (QED) is 0.315. The SMILES string of the molecule is Cc1cnc(SCC2=C(C(=O)O)N3C(=O)C(NC(=O)Cc4ccccc4N)[C@@H]3SC2)s1. The van der Waals surface area contributed by atoms with Crippen LogP contribution < -0.4 is 11.1 Å². The van der Waals surface area contributed by atoms with Crippen molar-refractivity contribution < 1.29 is 19.5 Å². The lowest BCUT2D eigenvalue weighted by Crippen LogP contribution is -2.70. The van der Waals surface area contributed by atoms with E-state index in [1.165, 1.54) is 28.4 Å². The maximum atomic E-state index is 12.7. The molecule has 1 aromatic heterocycles. The van der Waals surface area contributed by atoms with Gasteiger partial charge in [-0.2, -0.15) is 0 Å². The predicted octanol–water partition coefficient (Wildman–Crippen LogP) is 2.11. The van der Waals surface area contributed by atoms with Gasteiger partial charge >= 0.3 is 5.97 Å². The summed E-state index contributed by atoms with van der Waals surface area (Å²) in [7, 11) is 0. The van der Waals surface area contributed by atoms with Crippen LogP contribution in [0.4, 0.5) is 5.69 Å². The highest BCUT2D eigenvalue weighted by molar-refractivity contribution is 8.01. The largest absolute Gasteiger partial charge is 0.477 e. The number of hydrogen-bond acceptors (Lipinski definition) is 8. The highest BCUT2D eigenvalue weighted by Crippen LogP contribution is 2.41. The molecule has 1 fully saturated rings. The molecule has 2 aromatic rings. The lowest BCUT2D eigenvalue weighted by Gasteiger charge is -2.49. The molecule has 11 heteroatoms. The highest BCUT2D eigenvalue weighted by atomic mass is 32.2. The normalized spacial score (nSPS) is 20.3. The van der Waals surface area contributed by atoms with Crippen molar-refractivity contribution in [3.05, 3.63) is 52.2 Å². The number of nitrogen functional groups attached to an aromatic ring is 1. The first kappa shape index (κ1) is 21.7. The van der Waals surface area contributed by atoms with Gasteiger partial charge in [0.15, 0.2) is 0 Å². The second-order valence-electron chi connectivity index (χ2n) is 7.11. The van der Waals surface area contributed by atoms with Crippen LogP contribution in [0, 0.1) is 6.92 Å². The number of nitrogens with zero attached hydrogens (tertiary/aromatic N) is 2. The number of fused-ring (bicyclic) bond motifs is 1. The average molecular weight is 477 g/mol. The van der Waals surface area contributed by atoms with Crippen molar-refractivity contribution >= 4 is 58.3 Å². The Balaban J connectivity index is 1.43. The maximum absolute atomic E-state index is 12.7. The standard InChI is InChI=1S/C20H20N4O4S3/c1-10-7-22-20(31-10)30-9-12-8-29-18-15(17(26)24(18)16(12)19(27)28)23-14(25)6-11-4-2-3-5-13(11)21/h2-5,7,15,18H,6,8-9,21H2,1H3,(H,23,25)(H,27,28)/t15?,18-/m0/s1. The fraction of sp³-hybridized carbons (Fsp3) is 0.300. The number of anilines is 1. The van der Waals surface area contributed by atoms with Crippen LogP contribution in [0.3, 0.4) is 0 Å². The van der Waals surface area contributed by atoms with Crippen molar-refractivity contribution in [2.45, 2.75) is 29.1 Å². The maximum Gasteiger partial charge on any atom is 0.352 e. The van der Waals surface area contributed by atoms with Gasteiger partial charge in [0.2, 0.25) is 5.91 Å². The van der Waals surface area contributed by atoms with Gasteiger partial charge in [-0.15, -0.1) is 23.1 Å². The minimum Gasteiger partial charge on any atom is -0.477 e. The number of β-lactam (4-membered cyclic amide) rings is 1. The zero-order valence-electron chi connectivity index (χ0n) is 16.5. The fourth-order valence-electron chi connectivity index (χ4n) is 3.44. The van der Waals surface area contributed by atoms with E-state index >= 15 is 0 Å². The molecule has 2 amide bonds. The average Bonchev–Trinajstić information content (AvgIpc) is 3.16. The number of thioether (sulfide) groups is 2. The van der Waals surface area contributed by atoms with Crippen molar-refractivity contribution in [1.29, 1.82) is 0 Å². The summed E-state index contributed by atoms with van der Waals surface area (Å²) in [5.74, 6) is -0.936. The van der Waals surface area contributed by atoms with Crippen molar-refractivity contribution in [2.75, 3.05) is 17.2 Å². The molecule has 2 aliphatic heterocycles. The monoisotopic (exact) mass is 476 g/mol. The first-order chi connectivity index (χ1) is 14.8. The van der Waals surface area contributed by atoms with E-state index < -0.39 is 23.3 Å². The third kappa shape index (κ3) is 4.43. The molecule has 2 atom stereocenters. The minimum atomic E-state index is -1.13. The van der Waals surface area contributed by atoms with E-state index in [0.717, 1.165) is 9.22 Å². The Bertz CT molecular complexity index is 1080. The van der Waals surface area contributed by atoms with Crippen molar-refractivity contribution in [1.82, 2.24) is 15.2 Å². The molecule has 3 heterocycles. The molecule has 2 aliphatic rings. The van der Waals surface area contributed by atoms with Crippen LogP contribution in [0.5, 0.6) is 0 Å². The Labute approximate surface area is 191 Å². The number of nitrogens with one attached hydrogen (secondary N) is 1. The number of aryl methyl sites for hydroxylation is 1. The lowest BCUT2D eigenvalue weighted by molar-refractivity contribution is -0.150. The minimum absolute atomic E-state index is 0.0207. The summed E-state index contributed by atoms with van der Waals surface area (Å²) in [6.45, 7) is 1.96. The number of carboxylic acids is 1. The first-order valence-electron chi connectivity index (χ1n) is 9.43. The summed E-state index contributed by atoms with van der Waals surface area (Å²) in [6, 6.07) is 6.31. The number of aliphatic carboxylic acids is 1. The fourth-order valence-corrected chi connectivity index (χ4v) is 6.87. The molecule has 1 saturated heterocycles. The number of hydrogen-bond donors (Lipinski definition) is 3.